The number of anilines is 2. The molecule has 17 heavy (non-hydrogen) atoms. The highest BCUT2D eigenvalue weighted by molar-refractivity contribution is 7.98. The van der Waals surface area contributed by atoms with Gasteiger partial charge in [0.15, 0.2) is 0 Å². The number of hydrogen-bond acceptors (Lipinski definition) is 5. The molecule has 5 nitrogen and oxygen atoms in total. The van der Waals surface area contributed by atoms with Gasteiger partial charge in [0.1, 0.15) is 16.7 Å². The Morgan fingerprint density at radius 2 is 2.24 bits per heavy atom. The molecule has 0 saturated heterocycles. The Bertz CT molecular complexity index is 470. The zero-order valence-corrected chi connectivity index (χ0v) is 10.9. The zero-order valence-electron chi connectivity index (χ0n) is 10.1. The summed E-state index contributed by atoms with van der Waals surface area (Å²) >= 11 is 1.61. The predicted molar refractivity (Wildman–Crippen MR) is 69.8 cm³/mol. The molecule has 0 amide bonds. The lowest BCUT2D eigenvalue weighted by atomic mass is 10.2. The summed E-state index contributed by atoms with van der Waals surface area (Å²) in [6.45, 7) is 4.00. The quantitative estimate of drug-likeness (QED) is 0.644. The van der Waals surface area contributed by atoms with E-state index in [9.17, 15) is 0 Å². The molecule has 2 N–H and O–H groups in total. The average molecular weight is 249 g/mol. The molecule has 0 fully saturated rings. The highest BCUT2D eigenvalue weighted by atomic mass is 32.2. The molecule has 0 aliphatic heterocycles. The maximum atomic E-state index is 4.46. The summed E-state index contributed by atoms with van der Waals surface area (Å²) in [4.78, 5) is 8.90. The summed E-state index contributed by atoms with van der Waals surface area (Å²) in [6, 6.07) is 1.88. The fourth-order valence-corrected chi connectivity index (χ4v) is 2.19. The first-order valence-electron chi connectivity index (χ1n) is 5.42. The van der Waals surface area contributed by atoms with Gasteiger partial charge >= 0.3 is 0 Å². The molecule has 0 aromatic carbocycles. The highest BCUT2D eigenvalue weighted by Crippen LogP contribution is 2.28. The van der Waals surface area contributed by atoms with E-state index in [1.807, 2.05) is 19.2 Å². The Labute approximate surface area is 104 Å². The van der Waals surface area contributed by atoms with Crippen molar-refractivity contribution in [2.75, 3.05) is 11.6 Å². The summed E-state index contributed by atoms with van der Waals surface area (Å²) in [7, 11) is 0. The van der Waals surface area contributed by atoms with Crippen molar-refractivity contribution >= 4 is 23.3 Å². The number of hydrogen-bond donors (Lipinski definition) is 2. The van der Waals surface area contributed by atoms with E-state index < -0.39 is 0 Å². The van der Waals surface area contributed by atoms with Crippen molar-refractivity contribution in [1.29, 1.82) is 0 Å². The maximum absolute atomic E-state index is 4.46. The first kappa shape index (κ1) is 11.9. The Morgan fingerprint density at radius 3 is 2.82 bits per heavy atom. The minimum absolute atomic E-state index is 0.807. The van der Waals surface area contributed by atoms with Gasteiger partial charge in [0, 0.05) is 6.07 Å². The fraction of sp³-hybridized carbons (Fsp3) is 0.364. The van der Waals surface area contributed by atoms with Crippen LogP contribution in [0.2, 0.25) is 0 Å². The van der Waals surface area contributed by atoms with Gasteiger partial charge in [-0.15, -0.1) is 11.8 Å². The average Bonchev–Trinajstić information content (AvgIpc) is 2.83. The van der Waals surface area contributed by atoms with E-state index in [-0.39, 0.29) is 0 Å². The monoisotopic (exact) mass is 249 g/mol. The van der Waals surface area contributed by atoms with E-state index in [1.54, 1.807) is 18.0 Å². The van der Waals surface area contributed by atoms with Gasteiger partial charge in [0.05, 0.1) is 17.6 Å². The third-order valence-corrected chi connectivity index (χ3v) is 3.03. The van der Waals surface area contributed by atoms with Crippen molar-refractivity contribution in [1.82, 2.24) is 20.2 Å². The molecule has 2 aromatic heterocycles. The molecule has 2 rings (SSSR count). The van der Waals surface area contributed by atoms with Gasteiger partial charge in [-0.25, -0.2) is 9.97 Å². The van der Waals surface area contributed by atoms with Crippen LogP contribution < -0.4 is 5.32 Å². The number of aryl methyl sites for hydroxylation is 2. The van der Waals surface area contributed by atoms with Gasteiger partial charge in [0.2, 0.25) is 0 Å². The lowest BCUT2D eigenvalue weighted by molar-refractivity contribution is 0.901. The summed E-state index contributed by atoms with van der Waals surface area (Å²) in [5.41, 5.74) is 1.99. The van der Waals surface area contributed by atoms with Crippen molar-refractivity contribution in [3.8, 4) is 0 Å². The number of nitrogens with zero attached hydrogens (tertiary/aromatic N) is 3. The van der Waals surface area contributed by atoms with Crippen LogP contribution in [0.5, 0.6) is 0 Å². The van der Waals surface area contributed by atoms with E-state index in [0.717, 1.165) is 34.5 Å². The van der Waals surface area contributed by atoms with Crippen molar-refractivity contribution in [2.45, 2.75) is 25.3 Å². The largest absolute Gasteiger partial charge is 0.337 e. The SMILES string of the molecule is CCc1nc(C)nc(SC)c1Nc1ccn[nH]1. The lowest BCUT2D eigenvalue weighted by Gasteiger charge is -2.12. The number of thioether (sulfide) groups is 1. The van der Waals surface area contributed by atoms with Crippen molar-refractivity contribution < 1.29 is 0 Å². The number of H-pyrrole nitrogens is 1. The van der Waals surface area contributed by atoms with Crippen LogP contribution in [0, 0.1) is 6.92 Å². The Kier molecular flexibility index (Phi) is 3.63. The van der Waals surface area contributed by atoms with Crippen LogP contribution in [-0.4, -0.2) is 26.4 Å². The second kappa shape index (κ2) is 5.18. The molecule has 2 aromatic rings. The van der Waals surface area contributed by atoms with E-state index in [4.69, 9.17) is 0 Å². The molecule has 90 valence electrons. The Balaban J connectivity index is 2.42. The molecule has 0 aliphatic carbocycles. The van der Waals surface area contributed by atoms with E-state index in [1.165, 1.54) is 0 Å². The minimum Gasteiger partial charge on any atom is -0.337 e. The molecule has 0 spiro atoms. The molecule has 0 radical (unpaired) electrons. The Hall–Kier alpha value is -1.56. The molecule has 0 unspecified atom stereocenters. The summed E-state index contributed by atoms with van der Waals surface area (Å²) in [5, 5.41) is 11.0. The van der Waals surface area contributed by atoms with E-state index in [2.05, 4.69) is 32.4 Å². The van der Waals surface area contributed by atoms with Gasteiger partial charge in [-0.2, -0.15) is 5.10 Å². The molecule has 6 heteroatoms. The van der Waals surface area contributed by atoms with Gasteiger partial charge in [-0.3, -0.25) is 5.10 Å². The van der Waals surface area contributed by atoms with Crippen LogP contribution >= 0.6 is 11.8 Å². The van der Waals surface area contributed by atoms with Crippen molar-refractivity contribution in [2.24, 2.45) is 0 Å². The third kappa shape index (κ3) is 2.58. The second-order valence-corrected chi connectivity index (χ2v) is 4.35. The standard InChI is InChI=1S/C11H15N5S/c1-4-8-10(15-9-5-6-12-16-9)11(17-3)14-7(2)13-8/h5-6H,4H2,1-3H3,(H2,12,15,16). The van der Waals surface area contributed by atoms with E-state index >= 15 is 0 Å². The van der Waals surface area contributed by atoms with Crippen LogP contribution in [0.1, 0.15) is 18.4 Å². The number of rotatable bonds is 4. The van der Waals surface area contributed by atoms with Crippen LogP contribution in [0.3, 0.4) is 0 Å². The van der Waals surface area contributed by atoms with Crippen molar-refractivity contribution in [3.05, 3.63) is 23.8 Å². The molecule has 0 bridgehead atoms. The maximum Gasteiger partial charge on any atom is 0.127 e. The van der Waals surface area contributed by atoms with Gasteiger partial charge in [-0.1, -0.05) is 6.92 Å². The Morgan fingerprint density at radius 1 is 1.41 bits per heavy atom. The van der Waals surface area contributed by atoms with Crippen LogP contribution in [0.4, 0.5) is 11.5 Å². The van der Waals surface area contributed by atoms with Crippen molar-refractivity contribution in [3.63, 3.8) is 0 Å². The molecular weight excluding hydrogens is 234 g/mol. The summed E-state index contributed by atoms with van der Waals surface area (Å²) in [5.74, 6) is 1.66. The molecule has 0 atom stereocenters. The topological polar surface area (TPSA) is 66.5 Å². The van der Waals surface area contributed by atoms with Crippen LogP contribution in [-0.2, 0) is 6.42 Å². The van der Waals surface area contributed by atoms with Gasteiger partial charge < -0.3 is 5.32 Å². The van der Waals surface area contributed by atoms with Gasteiger partial charge in [0.25, 0.3) is 0 Å². The first-order chi connectivity index (χ1) is 8.24. The normalized spacial score (nSPS) is 10.5. The summed E-state index contributed by atoms with van der Waals surface area (Å²) < 4.78 is 0. The van der Waals surface area contributed by atoms with Crippen LogP contribution in [0.15, 0.2) is 17.3 Å². The lowest BCUT2D eigenvalue weighted by Crippen LogP contribution is -2.04. The predicted octanol–water partition coefficient (Wildman–Crippen LogP) is 2.54. The zero-order chi connectivity index (χ0) is 12.3. The summed E-state index contributed by atoms with van der Waals surface area (Å²) in [6.07, 6.45) is 4.59. The molecule has 0 saturated carbocycles. The van der Waals surface area contributed by atoms with E-state index in [0.29, 0.717) is 0 Å². The number of aromatic amines is 1. The molecular formula is C11H15N5S. The minimum atomic E-state index is 0.807. The first-order valence-corrected chi connectivity index (χ1v) is 6.65. The third-order valence-electron chi connectivity index (χ3n) is 2.35. The van der Waals surface area contributed by atoms with Gasteiger partial charge in [-0.05, 0) is 19.6 Å². The van der Waals surface area contributed by atoms with Crippen LogP contribution in [0.25, 0.3) is 0 Å². The molecule has 0 aliphatic rings. The fourth-order valence-electron chi connectivity index (χ4n) is 1.59. The number of nitrogens with one attached hydrogen (secondary N) is 2. The smallest absolute Gasteiger partial charge is 0.127 e. The number of aromatic nitrogens is 4. The highest BCUT2D eigenvalue weighted by Gasteiger charge is 2.11. The second-order valence-electron chi connectivity index (χ2n) is 3.55. The molecule has 2 heterocycles.